The van der Waals surface area contributed by atoms with Crippen LogP contribution in [0, 0.1) is 0 Å². The summed E-state index contributed by atoms with van der Waals surface area (Å²) in [7, 11) is -3.14. The fourth-order valence-electron chi connectivity index (χ4n) is 2.32. The van der Waals surface area contributed by atoms with Gasteiger partial charge in [0.15, 0.2) is 9.84 Å². The number of aliphatic hydroxyl groups is 1. The average Bonchev–Trinajstić information content (AvgIpc) is 2.58. The maximum absolute atomic E-state index is 11.6. The van der Waals surface area contributed by atoms with Crippen LogP contribution in [-0.4, -0.2) is 50.4 Å². The largest absolute Gasteiger partial charge is 0.394 e. The lowest BCUT2D eigenvalue weighted by atomic mass is 10.0. The Morgan fingerprint density at radius 3 is 2.73 bits per heavy atom. The average molecular weight is 237 g/mol. The van der Waals surface area contributed by atoms with Crippen molar-refractivity contribution in [2.75, 3.05) is 26.0 Å². The Bertz CT molecular complexity index is 303. The first-order valence-electron chi connectivity index (χ1n) is 5.10. The van der Waals surface area contributed by atoms with Gasteiger partial charge in [-0.2, -0.15) is 0 Å². The highest BCUT2D eigenvalue weighted by atomic mass is 32.2. The molecule has 0 saturated heterocycles. The van der Waals surface area contributed by atoms with Crippen LogP contribution < -0.4 is 5.73 Å². The zero-order valence-electron chi connectivity index (χ0n) is 8.98. The molecule has 1 aliphatic carbocycles. The molecule has 6 heteroatoms. The van der Waals surface area contributed by atoms with Crippen molar-refractivity contribution in [3.8, 4) is 0 Å². The molecular weight excluding hydrogens is 218 g/mol. The third-order valence-electron chi connectivity index (χ3n) is 3.00. The van der Waals surface area contributed by atoms with Gasteiger partial charge in [0, 0.05) is 12.8 Å². The van der Waals surface area contributed by atoms with E-state index in [1.165, 1.54) is 6.26 Å². The van der Waals surface area contributed by atoms with Crippen LogP contribution in [0.5, 0.6) is 0 Å². The first-order valence-corrected chi connectivity index (χ1v) is 7.05. The number of hydrogen-bond donors (Lipinski definition) is 2. The van der Waals surface area contributed by atoms with Gasteiger partial charge in [-0.1, -0.05) is 0 Å². The van der Waals surface area contributed by atoms with Crippen molar-refractivity contribution in [1.29, 1.82) is 0 Å². The Morgan fingerprint density at radius 2 is 2.27 bits per heavy atom. The van der Waals surface area contributed by atoms with Crippen molar-refractivity contribution in [2.24, 2.45) is 5.73 Å². The van der Waals surface area contributed by atoms with Gasteiger partial charge < -0.3 is 15.6 Å². The molecule has 1 fully saturated rings. The van der Waals surface area contributed by atoms with Gasteiger partial charge in [-0.3, -0.25) is 0 Å². The van der Waals surface area contributed by atoms with E-state index in [-0.39, 0.29) is 19.8 Å². The summed E-state index contributed by atoms with van der Waals surface area (Å²) in [5.41, 5.74) is 4.84. The smallest absolute Gasteiger partial charge is 0.153 e. The van der Waals surface area contributed by atoms with Gasteiger partial charge in [0.2, 0.25) is 0 Å². The van der Waals surface area contributed by atoms with Gasteiger partial charge in [-0.15, -0.1) is 0 Å². The molecule has 3 N–H and O–H groups in total. The molecule has 0 bridgehead atoms. The number of hydrogen-bond acceptors (Lipinski definition) is 5. The number of rotatable bonds is 5. The molecule has 0 aliphatic heterocycles. The molecule has 0 aromatic heterocycles. The third-order valence-corrected chi connectivity index (χ3v) is 4.70. The van der Waals surface area contributed by atoms with Crippen LogP contribution in [-0.2, 0) is 14.6 Å². The van der Waals surface area contributed by atoms with E-state index in [9.17, 15) is 8.42 Å². The minimum absolute atomic E-state index is 0.113. The van der Waals surface area contributed by atoms with Crippen molar-refractivity contribution >= 4 is 9.84 Å². The summed E-state index contributed by atoms with van der Waals surface area (Å²) >= 11 is 0. The lowest BCUT2D eigenvalue weighted by molar-refractivity contribution is -0.0447. The quantitative estimate of drug-likeness (QED) is 0.659. The molecule has 5 nitrogen and oxygen atoms in total. The zero-order chi connectivity index (χ0) is 11.5. The SMILES string of the molecule is CS(=O)(=O)C1CCCC1(CN)OCCO. The molecule has 15 heavy (non-hydrogen) atoms. The van der Waals surface area contributed by atoms with Crippen molar-refractivity contribution < 1.29 is 18.3 Å². The first kappa shape index (κ1) is 12.9. The van der Waals surface area contributed by atoms with Crippen LogP contribution in [0.4, 0.5) is 0 Å². The molecule has 0 aromatic carbocycles. The minimum Gasteiger partial charge on any atom is -0.394 e. The topological polar surface area (TPSA) is 89.6 Å². The lowest BCUT2D eigenvalue weighted by Crippen LogP contribution is -2.50. The second kappa shape index (κ2) is 4.78. The van der Waals surface area contributed by atoms with Gasteiger partial charge in [0.25, 0.3) is 0 Å². The number of sulfone groups is 1. The minimum atomic E-state index is -3.14. The van der Waals surface area contributed by atoms with E-state index in [2.05, 4.69) is 0 Å². The summed E-state index contributed by atoms with van der Waals surface area (Å²) in [4.78, 5) is 0. The molecule has 1 rings (SSSR count). The van der Waals surface area contributed by atoms with Gasteiger partial charge in [0.05, 0.1) is 24.1 Å². The molecule has 0 radical (unpaired) electrons. The predicted octanol–water partition coefficient (Wildman–Crippen LogP) is -0.710. The Hall–Kier alpha value is -0.170. The Morgan fingerprint density at radius 1 is 1.60 bits per heavy atom. The fourth-order valence-corrected chi connectivity index (χ4v) is 3.98. The lowest BCUT2D eigenvalue weighted by Gasteiger charge is -2.33. The van der Waals surface area contributed by atoms with E-state index >= 15 is 0 Å². The standard InChI is InChI=1S/C9H19NO4S/c1-15(12,13)8-3-2-4-9(8,7-10)14-6-5-11/h8,11H,2-7,10H2,1H3. The summed E-state index contributed by atoms with van der Waals surface area (Å²) < 4.78 is 28.6. The summed E-state index contributed by atoms with van der Waals surface area (Å²) in [5.74, 6) is 0. The molecule has 2 atom stereocenters. The summed E-state index contributed by atoms with van der Waals surface area (Å²) in [6.07, 6.45) is 3.28. The maximum atomic E-state index is 11.6. The molecule has 90 valence electrons. The summed E-state index contributed by atoms with van der Waals surface area (Å²) in [5, 5.41) is 8.18. The van der Waals surface area contributed by atoms with Crippen molar-refractivity contribution in [2.45, 2.75) is 30.1 Å². The van der Waals surface area contributed by atoms with Crippen molar-refractivity contribution in [3.63, 3.8) is 0 Å². The molecule has 0 heterocycles. The molecular formula is C9H19NO4S. The zero-order valence-corrected chi connectivity index (χ0v) is 9.79. The molecule has 1 aliphatic rings. The Labute approximate surface area is 90.5 Å². The van der Waals surface area contributed by atoms with Crippen molar-refractivity contribution in [1.82, 2.24) is 0 Å². The van der Waals surface area contributed by atoms with E-state index in [1.807, 2.05) is 0 Å². The fraction of sp³-hybridized carbons (Fsp3) is 1.00. The summed E-state index contributed by atoms with van der Waals surface area (Å²) in [6.45, 7) is 0.214. The highest BCUT2D eigenvalue weighted by Crippen LogP contribution is 2.37. The van der Waals surface area contributed by atoms with Crippen LogP contribution in [0.2, 0.25) is 0 Å². The van der Waals surface area contributed by atoms with Crippen LogP contribution in [0.3, 0.4) is 0 Å². The second-order valence-corrected chi connectivity index (χ2v) is 6.28. The highest BCUT2D eigenvalue weighted by molar-refractivity contribution is 7.91. The van der Waals surface area contributed by atoms with E-state index in [1.54, 1.807) is 0 Å². The van der Waals surface area contributed by atoms with Crippen LogP contribution in [0.25, 0.3) is 0 Å². The van der Waals surface area contributed by atoms with E-state index in [0.717, 1.165) is 6.42 Å². The number of ether oxygens (including phenoxy) is 1. The molecule has 0 aromatic rings. The summed E-state index contributed by atoms with van der Waals surface area (Å²) in [6, 6.07) is 0. The predicted molar refractivity (Wildman–Crippen MR) is 57.3 cm³/mol. The normalized spacial score (nSPS) is 32.1. The maximum Gasteiger partial charge on any atom is 0.153 e. The highest BCUT2D eigenvalue weighted by Gasteiger charge is 2.48. The van der Waals surface area contributed by atoms with Gasteiger partial charge in [-0.25, -0.2) is 8.42 Å². The Balaban J connectivity index is 2.86. The molecule has 2 unspecified atom stereocenters. The molecule has 0 amide bonds. The van der Waals surface area contributed by atoms with E-state index in [4.69, 9.17) is 15.6 Å². The first-order chi connectivity index (χ1) is 6.96. The van der Waals surface area contributed by atoms with Crippen LogP contribution in [0.1, 0.15) is 19.3 Å². The molecule has 0 spiro atoms. The third kappa shape index (κ3) is 2.69. The number of aliphatic hydroxyl groups excluding tert-OH is 1. The van der Waals surface area contributed by atoms with E-state index in [0.29, 0.717) is 12.8 Å². The van der Waals surface area contributed by atoms with Gasteiger partial charge in [-0.05, 0) is 19.3 Å². The Kier molecular flexibility index (Phi) is 4.11. The van der Waals surface area contributed by atoms with E-state index < -0.39 is 20.7 Å². The van der Waals surface area contributed by atoms with Gasteiger partial charge >= 0.3 is 0 Å². The number of nitrogens with two attached hydrogens (primary N) is 1. The van der Waals surface area contributed by atoms with Crippen LogP contribution >= 0.6 is 0 Å². The van der Waals surface area contributed by atoms with Crippen molar-refractivity contribution in [3.05, 3.63) is 0 Å². The monoisotopic (exact) mass is 237 g/mol. The second-order valence-electron chi connectivity index (χ2n) is 4.05. The molecule has 1 saturated carbocycles. The van der Waals surface area contributed by atoms with Gasteiger partial charge in [0.1, 0.15) is 0 Å². The van der Waals surface area contributed by atoms with Crippen LogP contribution in [0.15, 0.2) is 0 Å².